The molecule has 1 atom stereocenters. The molecule has 1 rings (SSSR count). The van der Waals surface area contributed by atoms with Crippen LogP contribution in [0.2, 0.25) is 0 Å². The Bertz CT molecular complexity index is 460. The summed E-state index contributed by atoms with van der Waals surface area (Å²) in [6, 6.07) is 7.97. The first-order chi connectivity index (χ1) is 8.01. The van der Waals surface area contributed by atoms with Gasteiger partial charge < -0.3 is 4.90 Å². The van der Waals surface area contributed by atoms with Crippen LogP contribution in [0.1, 0.15) is 24.5 Å². The summed E-state index contributed by atoms with van der Waals surface area (Å²) in [4.78, 5) is 13.6. The smallest absolute Gasteiger partial charge is 0.244 e. The molecule has 0 heterocycles. The van der Waals surface area contributed by atoms with Crippen LogP contribution in [0.15, 0.2) is 18.2 Å². The summed E-state index contributed by atoms with van der Waals surface area (Å²) in [7, 11) is 1.72. The molecule has 1 amide bonds. The zero-order chi connectivity index (χ0) is 13.0. The minimum absolute atomic E-state index is 0.137. The molecular formula is C14H18N2O. The van der Waals surface area contributed by atoms with E-state index in [0.29, 0.717) is 6.42 Å². The van der Waals surface area contributed by atoms with E-state index in [2.05, 4.69) is 0 Å². The van der Waals surface area contributed by atoms with E-state index in [4.69, 9.17) is 5.26 Å². The minimum atomic E-state index is -0.555. The number of carbonyl (C=O) groups excluding carboxylic acids is 1. The monoisotopic (exact) mass is 230 g/mol. The van der Waals surface area contributed by atoms with Gasteiger partial charge in [0.2, 0.25) is 5.91 Å². The summed E-state index contributed by atoms with van der Waals surface area (Å²) in [5, 5.41) is 8.91. The van der Waals surface area contributed by atoms with Crippen LogP contribution in [0.3, 0.4) is 0 Å². The van der Waals surface area contributed by atoms with Crippen LogP contribution >= 0.6 is 0 Å². The normalized spacial score (nSPS) is 11.7. The maximum absolute atomic E-state index is 12.0. The van der Waals surface area contributed by atoms with Gasteiger partial charge in [0, 0.05) is 12.7 Å². The molecule has 1 aromatic carbocycles. The van der Waals surface area contributed by atoms with Gasteiger partial charge in [0.15, 0.2) is 0 Å². The van der Waals surface area contributed by atoms with Crippen LogP contribution < -0.4 is 4.90 Å². The largest absolute Gasteiger partial charge is 0.314 e. The summed E-state index contributed by atoms with van der Waals surface area (Å²) in [6.45, 7) is 5.84. The van der Waals surface area contributed by atoms with Gasteiger partial charge in [-0.05, 0) is 31.9 Å². The first-order valence-electron chi connectivity index (χ1n) is 5.75. The van der Waals surface area contributed by atoms with Crippen molar-refractivity contribution in [3.63, 3.8) is 0 Å². The van der Waals surface area contributed by atoms with Crippen molar-refractivity contribution in [2.45, 2.75) is 27.2 Å². The van der Waals surface area contributed by atoms with Crippen molar-refractivity contribution >= 4 is 11.6 Å². The molecular weight excluding hydrogens is 212 g/mol. The highest BCUT2D eigenvalue weighted by Crippen LogP contribution is 2.22. The van der Waals surface area contributed by atoms with E-state index >= 15 is 0 Å². The van der Waals surface area contributed by atoms with Crippen LogP contribution in [0, 0.1) is 31.1 Å². The molecule has 0 spiro atoms. The average Bonchev–Trinajstić information content (AvgIpc) is 2.29. The SMILES string of the molecule is CCC(C#N)C(=O)N(C)c1ccc(C)cc1C. The quantitative estimate of drug-likeness (QED) is 0.801. The molecule has 17 heavy (non-hydrogen) atoms. The van der Waals surface area contributed by atoms with Gasteiger partial charge in [0.1, 0.15) is 5.92 Å². The van der Waals surface area contributed by atoms with Crippen molar-refractivity contribution < 1.29 is 4.79 Å². The standard InChI is InChI=1S/C14H18N2O/c1-5-12(9-15)14(17)16(4)13-7-6-10(2)8-11(13)3/h6-8,12H,5H2,1-4H3. The van der Waals surface area contributed by atoms with Gasteiger partial charge in [-0.25, -0.2) is 0 Å². The van der Waals surface area contributed by atoms with E-state index in [1.807, 2.05) is 45.0 Å². The molecule has 3 nitrogen and oxygen atoms in total. The third-order valence-electron chi connectivity index (χ3n) is 2.91. The number of nitrogens with zero attached hydrogens (tertiary/aromatic N) is 2. The van der Waals surface area contributed by atoms with Gasteiger partial charge in [-0.3, -0.25) is 4.79 Å². The summed E-state index contributed by atoms with van der Waals surface area (Å²) < 4.78 is 0. The fourth-order valence-corrected chi connectivity index (χ4v) is 1.86. The highest BCUT2D eigenvalue weighted by Gasteiger charge is 2.21. The summed E-state index contributed by atoms with van der Waals surface area (Å²) in [6.07, 6.45) is 0.546. The Labute approximate surface area is 103 Å². The Hall–Kier alpha value is -1.82. The maximum atomic E-state index is 12.0. The van der Waals surface area contributed by atoms with Gasteiger partial charge in [-0.1, -0.05) is 24.6 Å². The highest BCUT2D eigenvalue weighted by molar-refractivity contribution is 5.96. The number of amides is 1. The molecule has 0 aliphatic heterocycles. The molecule has 3 heteroatoms. The summed E-state index contributed by atoms with van der Waals surface area (Å²) in [5.41, 5.74) is 3.09. The van der Waals surface area contributed by atoms with Crippen LogP contribution in [-0.4, -0.2) is 13.0 Å². The van der Waals surface area contributed by atoms with Crippen LogP contribution in [0.25, 0.3) is 0 Å². The number of carbonyl (C=O) groups is 1. The number of anilines is 1. The van der Waals surface area contributed by atoms with Gasteiger partial charge in [0.25, 0.3) is 0 Å². The lowest BCUT2D eigenvalue weighted by atomic mass is 10.1. The number of rotatable bonds is 3. The molecule has 0 aliphatic carbocycles. The molecule has 0 aliphatic rings. The fraction of sp³-hybridized carbons (Fsp3) is 0.429. The third-order valence-corrected chi connectivity index (χ3v) is 2.91. The van der Waals surface area contributed by atoms with Gasteiger partial charge in [-0.15, -0.1) is 0 Å². The van der Waals surface area contributed by atoms with Gasteiger partial charge in [-0.2, -0.15) is 5.26 Å². The second-order valence-electron chi connectivity index (χ2n) is 4.28. The second-order valence-corrected chi connectivity index (χ2v) is 4.28. The Morgan fingerprint density at radius 1 is 1.47 bits per heavy atom. The lowest BCUT2D eigenvalue weighted by Crippen LogP contribution is -2.32. The number of nitriles is 1. The first kappa shape index (κ1) is 13.2. The molecule has 0 saturated carbocycles. The van der Waals surface area contributed by atoms with Crippen LogP contribution in [-0.2, 0) is 4.79 Å². The predicted molar refractivity (Wildman–Crippen MR) is 68.7 cm³/mol. The zero-order valence-corrected chi connectivity index (χ0v) is 10.8. The Kier molecular flexibility index (Phi) is 4.28. The summed E-state index contributed by atoms with van der Waals surface area (Å²) >= 11 is 0. The molecule has 90 valence electrons. The number of hydrogen-bond acceptors (Lipinski definition) is 2. The minimum Gasteiger partial charge on any atom is -0.314 e. The number of aryl methyl sites for hydroxylation is 2. The lowest BCUT2D eigenvalue weighted by Gasteiger charge is -2.21. The van der Waals surface area contributed by atoms with E-state index in [1.165, 1.54) is 5.56 Å². The molecule has 1 aromatic rings. The van der Waals surface area contributed by atoms with E-state index in [-0.39, 0.29) is 5.91 Å². The van der Waals surface area contributed by atoms with Crippen molar-refractivity contribution in [2.75, 3.05) is 11.9 Å². The number of hydrogen-bond donors (Lipinski definition) is 0. The molecule has 1 unspecified atom stereocenters. The van der Waals surface area contributed by atoms with Crippen molar-refractivity contribution in [3.8, 4) is 6.07 Å². The van der Waals surface area contributed by atoms with Gasteiger partial charge >= 0.3 is 0 Å². The fourth-order valence-electron chi connectivity index (χ4n) is 1.86. The average molecular weight is 230 g/mol. The zero-order valence-electron chi connectivity index (χ0n) is 10.8. The molecule has 0 bridgehead atoms. The Morgan fingerprint density at radius 3 is 2.59 bits per heavy atom. The van der Waals surface area contributed by atoms with Crippen molar-refractivity contribution in [3.05, 3.63) is 29.3 Å². The third kappa shape index (κ3) is 2.85. The predicted octanol–water partition coefficient (Wildman–Crippen LogP) is 2.82. The van der Waals surface area contributed by atoms with Crippen LogP contribution in [0.5, 0.6) is 0 Å². The number of benzene rings is 1. The maximum Gasteiger partial charge on any atom is 0.244 e. The molecule has 0 N–H and O–H groups in total. The lowest BCUT2D eigenvalue weighted by molar-refractivity contribution is -0.120. The topological polar surface area (TPSA) is 44.1 Å². The highest BCUT2D eigenvalue weighted by atomic mass is 16.2. The van der Waals surface area contributed by atoms with Crippen molar-refractivity contribution in [1.82, 2.24) is 0 Å². The molecule has 0 fully saturated rings. The van der Waals surface area contributed by atoms with E-state index < -0.39 is 5.92 Å². The van der Waals surface area contributed by atoms with Gasteiger partial charge in [0.05, 0.1) is 6.07 Å². The molecule has 0 saturated heterocycles. The molecule has 0 radical (unpaired) electrons. The summed E-state index contributed by atoms with van der Waals surface area (Å²) in [5.74, 6) is -0.692. The van der Waals surface area contributed by atoms with E-state index in [1.54, 1.807) is 11.9 Å². The second kappa shape index (κ2) is 5.49. The van der Waals surface area contributed by atoms with E-state index in [9.17, 15) is 4.79 Å². The van der Waals surface area contributed by atoms with E-state index in [0.717, 1.165) is 11.3 Å². The van der Waals surface area contributed by atoms with Crippen LogP contribution in [0.4, 0.5) is 5.69 Å². The van der Waals surface area contributed by atoms with Crippen molar-refractivity contribution in [2.24, 2.45) is 5.92 Å². The Morgan fingerprint density at radius 2 is 2.12 bits per heavy atom. The molecule has 0 aromatic heterocycles. The Balaban J connectivity index is 3.01. The van der Waals surface area contributed by atoms with Crippen molar-refractivity contribution in [1.29, 1.82) is 5.26 Å². The first-order valence-corrected chi connectivity index (χ1v) is 5.75.